The SMILES string of the molecule is Nc1ccccc1CCOCc1ccc(F)c(Cl)c1. The van der Waals surface area contributed by atoms with Gasteiger partial charge in [0, 0.05) is 5.69 Å². The van der Waals surface area contributed by atoms with Crippen LogP contribution < -0.4 is 5.73 Å². The van der Waals surface area contributed by atoms with Crippen LogP contribution in [0.3, 0.4) is 0 Å². The van der Waals surface area contributed by atoms with Gasteiger partial charge in [0.15, 0.2) is 0 Å². The minimum absolute atomic E-state index is 0.119. The van der Waals surface area contributed by atoms with Crippen LogP contribution >= 0.6 is 11.6 Å². The highest BCUT2D eigenvalue weighted by molar-refractivity contribution is 6.30. The summed E-state index contributed by atoms with van der Waals surface area (Å²) in [6, 6.07) is 12.3. The van der Waals surface area contributed by atoms with E-state index in [9.17, 15) is 4.39 Å². The Morgan fingerprint density at radius 1 is 1.16 bits per heavy atom. The standard InChI is InChI=1S/C15H15ClFNO/c16-13-9-11(5-6-14(13)17)10-19-8-7-12-3-1-2-4-15(12)18/h1-6,9H,7-8,10,18H2. The van der Waals surface area contributed by atoms with Gasteiger partial charge in [-0.05, 0) is 35.7 Å². The number of nitrogens with two attached hydrogens (primary N) is 1. The Bertz CT molecular complexity index is 560. The second-order valence-electron chi connectivity index (χ2n) is 4.25. The first-order chi connectivity index (χ1) is 9.16. The second kappa shape index (κ2) is 6.55. The second-order valence-corrected chi connectivity index (χ2v) is 4.66. The molecule has 19 heavy (non-hydrogen) atoms. The van der Waals surface area contributed by atoms with E-state index >= 15 is 0 Å². The maximum atomic E-state index is 13.0. The molecule has 2 rings (SSSR count). The summed E-state index contributed by atoms with van der Waals surface area (Å²) in [6.07, 6.45) is 0.752. The normalized spacial score (nSPS) is 10.6. The lowest BCUT2D eigenvalue weighted by molar-refractivity contribution is 0.124. The van der Waals surface area contributed by atoms with Gasteiger partial charge in [0.25, 0.3) is 0 Å². The fourth-order valence-corrected chi connectivity index (χ4v) is 1.97. The molecule has 2 aromatic carbocycles. The van der Waals surface area contributed by atoms with Crippen LogP contribution in [0, 0.1) is 5.82 Å². The van der Waals surface area contributed by atoms with Crippen LogP contribution in [0.25, 0.3) is 0 Å². The van der Waals surface area contributed by atoms with Crippen molar-refractivity contribution < 1.29 is 9.13 Å². The zero-order valence-electron chi connectivity index (χ0n) is 10.4. The molecule has 4 heteroatoms. The molecular weight excluding hydrogens is 265 g/mol. The largest absolute Gasteiger partial charge is 0.399 e. The summed E-state index contributed by atoms with van der Waals surface area (Å²) in [6.45, 7) is 0.968. The third kappa shape index (κ3) is 3.94. The maximum Gasteiger partial charge on any atom is 0.141 e. The van der Waals surface area contributed by atoms with Gasteiger partial charge >= 0.3 is 0 Å². The number of halogens is 2. The van der Waals surface area contributed by atoms with Gasteiger partial charge in [0.1, 0.15) is 5.82 Å². The molecule has 2 aromatic rings. The molecule has 0 radical (unpaired) electrons. The van der Waals surface area contributed by atoms with Crippen molar-refractivity contribution in [3.05, 3.63) is 64.4 Å². The van der Waals surface area contributed by atoms with Gasteiger partial charge < -0.3 is 10.5 Å². The summed E-state index contributed by atoms with van der Waals surface area (Å²) in [5.41, 5.74) is 8.53. The van der Waals surface area contributed by atoms with E-state index in [2.05, 4.69) is 0 Å². The molecule has 0 aliphatic heterocycles. The molecule has 0 spiro atoms. The van der Waals surface area contributed by atoms with Crippen molar-refractivity contribution in [3.63, 3.8) is 0 Å². The molecule has 0 amide bonds. The molecule has 0 aliphatic carbocycles. The number of nitrogen functional groups attached to an aromatic ring is 1. The summed E-state index contributed by atoms with van der Waals surface area (Å²) in [4.78, 5) is 0. The van der Waals surface area contributed by atoms with Crippen molar-refractivity contribution >= 4 is 17.3 Å². The van der Waals surface area contributed by atoms with Crippen molar-refractivity contribution in [1.29, 1.82) is 0 Å². The van der Waals surface area contributed by atoms with E-state index in [0.717, 1.165) is 23.2 Å². The highest BCUT2D eigenvalue weighted by atomic mass is 35.5. The smallest absolute Gasteiger partial charge is 0.141 e. The molecule has 0 saturated heterocycles. The van der Waals surface area contributed by atoms with Crippen molar-refractivity contribution in [3.8, 4) is 0 Å². The fourth-order valence-electron chi connectivity index (χ4n) is 1.76. The van der Waals surface area contributed by atoms with Crippen molar-refractivity contribution in [1.82, 2.24) is 0 Å². The zero-order valence-corrected chi connectivity index (χ0v) is 11.2. The molecular formula is C15H15ClFNO. The van der Waals surface area contributed by atoms with Crippen LogP contribution in [-0.2, 0) is 17.8 Å². The van der Waals surface area contributed by atoms with Crippen LogP contribution in [-0.4, -0.2) is 6.61 Å². The van der Waals surface area contributed by atoms with Crippen LogP contribution in [0.4, 0.5) is 10.1 Å². The van der Waals surface area contributed by atoms with Gasteiger partial charge in [-0.1, -0.05) is 35.9 Å². The predicted octanol–water partition coefficient (Wildman–Crippen LogP) is 3.82. The van der Waals surface area contributed by atoms with E-state index in [1.54, 1.807) is 12.1 Å². The first kappa shape index (κ1) is 13.8. The lowest BCUT2D eigenvalue weighted by Crippen LogP contribution is -2.02. The minimum atomic E-state index is -0.414. The van der Waals surface area contributed by atoms with E-state index in [-0.39, 0.29) is 5.02 Å². The fraction of sp³-hybridized carbons (Fsp3) is 0.200. The van der Waals surface area contributed by atoms with Crippen LogP contribution in [0.2, 0.25) is 5.02 Å². The van der Waals surface area contributed by atoms with Gasteiger partial charge in [-0.3, -0.25) is 0 Å². The van der Waals surface area contributed by atoms with E-state index in [0.29, 0.717) is 13.2 Å². The molecule has 0 fully saturated rings. The van der Waals surface area contributed by atoms with Crippen molar-refractivity contribution in [2.24, 2.45) is 0 Å². The van der Waals surface area contributed by atoms with Gasteiger partial charge in [-0.25, -0.2) is 4.39 Å². The van der Waals surface area contributed by atoms with E-state index in [4.69, 9.17) is 22.1 Å². The third-order valence-corrected chi connectivity index (χ3v) is 3.11. The number of anilines is 1. The van der Waals surface area contributed by atoms with Gasteiger partial charge in [-0.2, -0.15) is 0 Å². The first-order valence-electron chi connectivity index (χ1n) is 6.02. The Kier molecular flexibility index (Phi) is 4.77. The maximum absolute atomic E-state index is 13.0. The minimum Gasteiger partial charge on any atom is -0.399 e. The number of hydrogen-bond acceptors (Lipinski definition) is 2. The first-order valence-corrected chi connectivity index (χ1v) is 6.39. The molecule has 0 bridgehead atoms. The summed E-state index contributed by atoms with van der Waals surface area (Å²) >= 11 is 5.70. The highest BCUT2D eigenvalue weighted by Crippen LogP contribution is 2.17. The van der Waals surface area contributed by atoms with Crippen LogP contribution in [0.5, 0.6) is 0 Å². The van der Waals surface area contributed by atoms with Crippen LogP contribution in [0.1, 0.15) is 11.1 Å². The monoisotopic (exact) mass is 279 g/mol. The van der Waals surface area contributed by atoms with Gasteiger partial charge in [0.2, 0.25) is 0 Å². The lowest BCUT2D eigenvalue weighted by Gasteiger charge is -2.07. The molecule has 0 saturated carbocycles. The van der Waals surface area contributed by atoms with E-state index < -0.39 is 5.82 Å². The molecule has 0 unspecified atom stereocenters. The molecule has 0 aromatic heterocycles. The lowest BCUT2D eigenvalue weighted by atomic mass is 10.1. The molecule has 100 valence electrons. The zero-order chi connectivity index (χ0) is 13.7. The Labute approximate surface area is 117 Å². The van der Waals surface area contributed by atoms with E-state index in [1.165, 1.54) is 6.07 Å². The quantitative estimate of drug-likeness (QED) is 0.667. The summed E-state index contributed by atoms with van der Waals surface area (Å²) in [5.74, 6) is -0.414. The third-order valence-electron chi connectivity index (χ3n) is 2.82. The highest BCUT2D eigenvalue weighted by Gasteiger charge is 2.02. The Morgan fingerprint density at radius 3 is 2.68 bits per heavy atom. The molecule has 0 atom stereocenters. The Morgan fingerprint density at radius 2 is 1.95 bits per heavy atom. The average molecular weight is 280 g/mol. The summed E-state index contributed by atoms with van der Waals surface area (Å²) in [7, 11) is 0. The summed E-state index contributed by atoms with van der Waals surface area (Å²) in [5, 5.41) is 0.119. The number of ether oxygens (including phenoxy) is 1. The predicted molar refractivity (Wildman–Crippen MR) is 75.6 cm³/mol. The average Bonchev–Trinajstić information content (AvgIpc) is 2.40. The molecule has 2 N–H and O–H groups in total. The van der Waals surface area contributed by atoms with Crippen molar-refractivity contribution in [2.45, 2.75) is 13.0 Å². The molecule has 2 nitrogen and oxygen atoms in total. The molecule has 0 aliphatic rings. The van der Waals surface area contributed by atoms with Crippen molar-refractivity contribution in [2.75, 3.05) is 12.3 Å². The number of para-hydroxylation sites is 1. The van der Waals surface area contributed by atoms with Crippen LogP contribution in [0.15, 0.2) is 42.5 Å². The number of benzene rings is 2. The number of rotatable bonds is 5. The van der Waals surface area contributed by atoms with Gasteiger partial charge in [-0.15, -0.1) is 0 Å². The summed E-state index contributed by atoms with van der Waals surface area (Å²) < 4.78 is 18.5. The topological polar surface area (TPSA) is 35.2 Å². The number of hydrogen-bond donors (Lipinski definition) is 1. The molecule has 0 heterocycles. The Hall–Kier alpha value is -1.58. The van der Waals surface area contributed by atoms with Gasteiger partial charge in [0.05, 0.1) is 18.2 Å². The Balaban J connectivity index is 1.81. The van der Waals surface area contributed by atoms with E-state index in [1.807, 2.05) is 24.3 Å².